The standard InChI is InChI=1S/C11H17N3O2/c1-3-4-5-6-12-11-7-9(2)10(8-13-11)14(15)16/h7-8H,3-6H2,1-2H3,(H,12,13). The third-order valence-electron chi connectivity index (χ3n) is 2.37. The van der Waals surface area contributed by atoms with E-state index in [1.165, 1.54) is 19.0 Å². The lowest BCUT2D eigenvalue weighted by atomic mass is 10.2. The number of pyridine rings is 1. The second-order valence-electron chi connectivity index (χ2n) is 3.75. The quantitative estimate of drug-likeness (QED) is 0.457. The maximum Gasteiger partial charge on any atom is 0.290 e. The first kappa shape index (κ1) is 12.4. The molecule has 0 saturated heterocycles. The molecule has 1 N–H and O–H groups in total. The number of rotatable bonds is 6. The molecule has 5 nitrogen and oxygen atoms in total. The van der Waals surface area contributed by atoms with Crippen molar-refractivity contribution in [2.75, 3.05) is 11.9 Å². The summed E-state index contributed by atoms with van der Waals surface area (Å²) >= 11 is 0. The molecule has 0 atom stereocenters. The van der Waals surface area contributed by atoms with E-state index in [9.17, 15) is 10.1 Å². The average Bonchev–Trinajstić information content (AvgIpc) is 2.24. The van der Waals surface area contributed by atoms with Crippen molar-refractivity contribution in [1.82, 2.24) is 4.98 Å². The lowest BCUT2D eigenvalue weighted by Gasteiger charge is -2.05. The van der Waals surface area contributed by atoms with Crippen molar-refractivity contribution < 1.29 is 4.92 Å². The summed E-state index contributed by atoms with van der Waals surface area (Å²) in [6.07, 6.45) is 4.75. The predicted octanol–water partition coefficient (Wildman–Crippen LogP) is 2.90. The van der Waals surface area contributed by atoms with E-state index in [-0.39, 0.29) is 5.69 Å². The first-order valence-corrected chi connectivity index (χ1v) is 5.50. The van der Waals surface area contributed by atoms with Gasteiger partial charge in [-0.15, -0.1) is 0 Å². The summed E-state index contributed by atoms with van der Waals surface area (Å²) in [5.41, 5.74) is 0.706. The van der Waals surface area contributed by atoms with Gasteiger partial charge in [-0.3, -0.25) is 10.1 Å². The number of aromatic nitrogens is 1. The lowest BCUT2D eigenvalue weighted by Crippen LogP contribution is -2.04. The molecular formula is C11H17N3O2. The molecule has 0 radical (unpaired) electrons. The average molecular weight is 223 g/mol. The first-order valence-electron chi connectivity index (χ1n) is 5.50. The fourth-order valence-electron chi connectivity index (χ4n) is 1.43. The minimum atomic E-state index is -0.413. The number of nitrogens with zero attached hydrogens (tertiary/aromatic N) is 2. The highest BCUT2D eigenvalue weighted by molar-refractivity contribution is 5.46. The van der Waals surface area contributed by atoms with E-state index in [2.05, 4.69) is 17.2 Å². The molecule has 0 saturated carbocycles. The van der Waals surface area contributed by atoms with Crippen molar-refractivity contribution in [3.05, 3.63) is 27.9 Å². The topological polar surface area (TPSA) is 68.1 Å². The largest absolute Gasteiger partial charge is 0.370 e. The second kappa shape index (κ2) is 6.05. The summed E-state index contributed by atoms with van der Waals surface area (Å²) in [6, 6.07) is 1.71. The molecule has 16 heavy (non-hydrogen) atoms. The maximum atomic E-state index is 10.6. The molecule has 0 aliphatic rings. The molecule has 1 rings (SSSR count). The van der Waals surface area contributed by atoms with Crippen LogP contribution in [0.3, 0.4) is 0 Å². The van der Waals surface area contributed by atoms with Crippen LogP contribution in [0, 0.1) is 17.0 Å². The van der Waals surface area contributed by atoms with E-state index >= 15 is 0 Å². The van der Waals surface area contributed by atoms with E-state index in [0.717, 1.165) is 13.0 Å². The van der Waals surface area contributed by atoms with E-state index in [1.807, 2.05) is 0 Å². The molecule has 0 aliphatic carbocycles. The molecular weight excluding hydrogens is 206 g/mol. The van der Waals surface area contributed by atoms with Gasteiger partial charge in [0.05, 0.1) is 4.92 Å². The van der Waals surface area contributed by atoms with Crippen molar-refractivity contribution in [2.45, 2.75) is 33.1 Å². The molecule has 1 aromatic rings. The normalized spacial score (nSPS) is 10.1. The van der Waals surface area contributed by atoms with Crippen molar-refractivity contribution in [3.8, 4) is 0 Å². The number of nitro groups is 1. The Hall–Kier alpha value is -1.65. The van der Waals surface area contributed by atoms with Gasteiger partial charge in [-0.2, -0.15) is 0 Å². The molecule has 88 valence electrons. The van der Waals surface area contributed by atoms with Crippen molar-refractivity contribution in [1.29, 1.82) is 0 Å². The monoisotopic (exact) mass is 223 g/mol. The zero-order chi connectivity index (χ0) is 12.0. The number of nitrogens with one attached hydrogen (secondary N) is 1. The van der Waals surface area contributed by atoms with Gasteiger partial charge in [0.2, 0.25) is 0 Å². The molecule has 0 unspecified atom stereocenters. The van der Waals surface area contributed by atoms with Crippen LogP contribution in [0.25, 0.3) is 0 Å². The molecule has 0 aromatic carbocycles. The number of aryl methyl sites for hydroxylation is 1. The highest BCUT2D eigenvalue weighted by Gasteiger charge is 2.10. The van der Waals surface area contributed by atoms with Gasteiger partial charge in [0.1, 0.15) is 12.0 Å². The summed E-state index contributed by atoms with van der Waals surface area (Å²) in [5, 5.41) is 13.7. The molecule has 0 spiro atoms. The van der Waals surface area contributed by atoms with E-state index in [0.29, 0.717) is 11.4 Å². The summed E-state index contributed by atoms with van der Waals surface area (Å²) in [5.74, 6) is 0.708. The van der Waals surface area contributed by atoms with E-state index in [1.54, 1.807) is 13.0 Å². The first-order chi connectivity index (χ1) is 7.65. The smallest absolute Gasteiger partial charge is 0.290 e. The number of unbranched alkanes of at least 4 members (excludes halogenated alkanes) is 2. The number of anilines is 1. The minimum Gasteiger partial charge on any atom is -0.370 e. The molecule has 0 aliphatic heterocycles. The van der Waals surface area contributed by atoms with Gasteiger partial charge >= 0.3 is 0 Å². The van der Waals surface area contributed by atoms with Gasteiger partial charge < -0.3 is 5.32 Å². The molecule has 0 bridgehead atoms. The molecule has 1 heterocycles. The van der Waals surface area contributed by atoms with Crippen LogP contribution in [0.5, 0.6) is 0 Å². The SMILES string of the molecule is CCCCCNc1cc(C)c([N+](=O)[O-])cn1. The van der Waals surface area contributed by atoms with Gasteiger partial charge in [-0.05, 0) is 19.4 Å². The third-order valence-corrected chi connectivity index (χ3v) is 2.37. The van der Waals surface area contributed by atoms with Crippen molar-refractivity contribution in [3.63, 3.8) is 0 Å². The van der Waals surface area contributed by atoms with Crippen LogP contribution in [0.2, 0.25) is 0 Å². The van der Waals surface area contributed by atoms with Gasteiger partial charge in [-0.1, -0.05) is 19.8 Å². The van der Waals surface area contributed by atoms with Crippen LogP contribution in [-0.4, -0.2) is 16.5 Å². The van der Waals surface area contributed by atoms with Gasteiger partial charge in [0, 0.05) is 12.1 Å². The Bertz CT molecular complexity index is 366. The van der Waals surface area contributed by atoms with Gasteiger partial charge in [0.25, 0.3) is 5.69 Å². The Balaban J connectivity index is 2.56. The fourth-order valence-corrected chi connectivity index (χ4v) is 1.43. The van der Waals surface area contributed by atoms with Gasteiger partial charge in [-0.25, -0.2) is 4.98 Å². The Morgan fingerprint density at radius 3 is 2.81 bits per heavy atom. The van der Waals surface area contributed by atoms with Crippen LogP contribution in [0.4, 0.5) is 11.5 Å². The predicted molar refractivity (Wildman–Crippen MR) is 63.6 cm³/mol. The molecule has 5 heteroatoms. The molecule has 0 amide bonds. The van der Waals surface area contributed by atoms with Crippen molar-refractivity contribution in [2.24, 2.45) is 0 Å². The fraction of sp³-hybridized carbons (Fsp3) is 0.545. The number of hydrogen-bond donors (Lipinski definition) is 1. The Labute approximate surface area is 95.0 Å². The van der Waals surface area contributed by atoms with Crippen LogP contribution in [0.15, 0.2) is 12.3 Å². The van der Waals surface area contributed by atoms with Gasteiger partial charge in [0.15, 0.2) is 0 Å². The Morgan fingerprint density at radius 1 is 1.50 bits per heavy atom. The Morgan fingerprint density at radius 2 is 2.25 bits per heavy atom. The Kier molecular flexibility index (Phi) is 4.69. The maximum absolute atomic E-state index is 10.6. The van der Waals surface area contributed by atoms with E-state index < -0.39 is 4.92 Å². The molecule has 0 fully saturated rings. The minimum absolute atomic E-state index is 0.0686. The summed E-state index contributed by atoms with van der Waals surface area (Å²) in [7, 11) is 0. The molecule has 1 aromatic heterocycles. The van der Waals surface area contributed by atoms with Crippen molar-refractivity contribution >= 4 is 11.5 Å². The highest BCUT2D eigenvalue weighted by Crippen LogP contribution is 2.18. The summed E-state index contributed by atoms with van der Waals surface area (Å²) < 4.78 is 0. The third kappa shape index (κ3) is 3.49. The van der Waals surface area contributed by atoms with E-state index in [4.69, 9.17) is 0 Å². The zero-order valence-corrected chi connectivity index (χ0v) is 9.69. The second-order valence-corrected chi connectivity index (χ2v) is 3.75. The number of hydrogen-bond acceptors (Lipinski definition) is 4. The summed E-state index contributed by atoms with van der Waals surface area (Å²) in [4.78, 5) is 14.2. The highest BCUT2D eigenvalue weighted by atomic mass is 16.6. The lowest BCUT2D eigenvalue weighted by molar-refractivity contribution is -0.385. The summed E-state index contributed by atoms with van der Waals surface area (Å²) in [6.45, 7) is 4.73. The van der Waals surface area contributed by atoms with Crippen LogP contribution in [0.1, 0.15) is 31.7 Å². The zero-order valence-electron chi connectivity index (χ0n) is 9.69. The van der Waals surface area contributed by atoms with Crippen LogP contribution < -0.4 is 5.32 Å². The van der Waals surface area contributed by atoms with Crippen LogP contribution in [-0.2, 0) is 0 Å². The van der Waals surface area contributed by atoms with Crippen LogP contribution >= 0.6 is 0 Å².